The number of H-pyrrole nitrogens is 1. The van der Waals surface area contributed by atoms with Gasteiger partial charge >= 0.3 is 5.69 Å². The molecule has 0 aliphatic carbocycles. The second-order valence-corrected chi connectivity index (χ2v) is 3.73. The van der Waals surface area contributed by atoms with Gasteiger partial charge in [-0.25, -0.2) is 9.89 Å². The lowest BCUT2D eigenvalue weighted by atomic mass is 10.4. The maximum Gasteiger partial charge on any atom is 0.343 e. The molecule has 14 heavy (non-hydrogen) atoms. The highest BCUT2D eigenvalue weighted by Crippen LogP contribution is 2.14. The fourth-order valence-corrected chi connectivity index (χ4v) is 1.96. The van der Waals surface area contributed by atoms with E-state index in [1.54, 1.807) is 4.57 Å². The van der Waals surface area contributed by atoms with Gasteiger partial charge in [0.25, 0.3) is 0 Å². The quantitative estimate of drug-likeness (QED) is 0.583. The Labute approximate surface area is 86.1 Å². The molecule has 0 spiro atoms. The van der Waals surface area contributed by atoms with Crippen LogP contribution in [-0.4, -0.2) is 20.5 Å². The first-order valence-corrected chi connectivity index (χ1v) is 5.43. The van der Waals surface area contributed by atoms with Gasteiger partial charge < -0.3 is 0 Å². The van der Waals surface area contributed by atoms with Crippen LogP contribution in [0.2, 0.25) is 0 Å². The van der Waals surface area contributed by atoms with E-state index in [2.05, 4.69) is 16.3 Å². The minimum absolute atomic E-state index is 0.171. The molecule has 0 amide bonds. The fraction of sp³-hybridized carbons (Fsp3) is 0.625. The third-order valence-corrected chi connectivity index (χ3v) is 2.77. The molecule has 0 aliphatic heterocycles. The maximum absolute atomic E-state index is 11.1. The molecule has 6 heteroatoms. The molecule has 0 aromatic carbocycles. The zero-order valence-electron chi connectivity index (χ0n) is 7.99. The van der Waals surface area contributed by atoms with E-state index in [4.69, 9.17) is 5.26 Å². The van der Waals surface area contributed by atoms with Crippen LogP contribution in [0.25, 0.3) is 0 Å². The van der Waals surface area contributed by atoms with Crippen LogP contribution in [-0.2, 0) is 6.54 Å². The molecule has 1 aromatic rings. The van der Waals surface area contributed by atoms with Crippen LogP contribution in [0.4, 0.5) is 0 Å². The van der Waals surface area contributed by atoms with Crippen molar-refractivity contribution in [2.45, 2.75) is 31.5 Å². The van der Waals surface area contributed by atoms with Crippen LogP contribution >= 0.6 is 11.8 Å². The Kier molecular flexibility index (Phi) is 4.26. The average Bonchev–Trinajstić information content (AvgIpc) is 2.54. The van der Waals surface area contributed by atoms with Gasteiger partial charge in [0.15, 0.2) is 5.16 Å². The number of hydrogen-bond donors (Lipinski definition) is 1. The van der Waals surface area contributed by atoms with Crippen molar-refractivity contribution in [3.63, 3.8) is 0 Å². The molecular formula is C8H12N4OS. The Balaban J connectivity index is 2.51. The molecule has 1 aromatic heterocycles. The fourth-order valence-electron chi connectivity index (χ4n) is 1.01. The van der Waals surface area contributed by atoms with Gasteiger partial charge in [0.1, 0.15) is 0 Å². The predicted octanol–water partition coefficient (Wildman–Crippen LogP) is 0.987. The molecule has 0 aliphatic rings. The molecule has 0 unspecified atom stereocenters. The first kappa shape index (κ1) is 10.9. The zero-order chi connectivity index (χ0) is 10.4. The van der Waals surface area contributed by atoms with E-state index in [1.807, 2.05) is 6.92 Å². The molecule has 1 rings (SSSR count). The Morgan fingerprint density at radius 1 is 1.71 bits per heavy atom. The summed E-state index contributed by atoms with van der Waals surface area (Å²) < 4.78 is 1.58. The Hall–Kier alpha value is -1.22. The number of nitrogens with one attached hydrogen (secondary N) is 1. The van der Waals surface area contributed by atoms with Gasteiger partial charge in [-0.05, 0) is 13.3 Å². The van der Waals surface area contributed by atoms with E-state index in [1.165, 1.54) is 11.8 Å². The lowest BCUT2D eigenvalue weighted by Crippen LogP contribution is -2.16. The van der Waals surface area contributed by atoms with E-state index >= 15 is 0 Å². The Morgan fingerprint density at radius 3 is 3.14 bits per heavy atom. The summed E-state index contributed by atoms with van der Waals surface area (Å²) in [5.41, 5.74) is -0.171. The van der Waals surface area contributed by atoms with Crippen molar-refractivity contribution >= 4 is 11.8 Å². The molecule has 0 atom stereocenters. The summed E-state index contributed by atoms with van der Waals surface area (Å²) in [4.78, 5) is 11.1. The molecule has 5 nitrogen and oxygen atoms in total. The first-order chi connectivity index (χ1) is 6.79. The number of nitriles is 1. The Morgan fingerprint density at radius 2 is 2.50 bits per heavy atom. The average molecular weight is 212 g/mol. The second-order valence-electron chi connectivity index (χ2n) is 2.67. The summed E-state index contributed by atoms with van der Waals surface area (Å²) in [6, 6.07) is 2.08. The van der Waals surface area contributed by atoms with Crippen molar-refractivity contribution in [2.75, 3.05) is 5.75 Å². The minimum Gasteiger partial charge on any atom is -0.270 e. The molecule has 0 saturated heterocycles. The normalized spacial score (nSPS) is 10.0. The zero-order valence-corrected chi connectivity index (χ0v) is 8.80. The van der Waals surface area contributed by atoms with Crippen LogP contribution in [0.15, 0.2) is 9.95 Å². The molecule has 76 valence electrons. The number of aromatic nitrogens is 3. The highest BCUT2D eigenvalue weighted by atomic mass is 32.2. The molecular weight excluding hydrogens is 200 g/mol. The second kappa shape index (κ2) is 5.50. The van der Waals surface area contributed by atoms with Crippen molar-refractivity contribution in [3.8, 4) is 6.07 Å². The number of unbranched alkanes of at least 4 members (excludes halogenated alkanes) is 1. The van der Waals surface area contributed by atoms with Gasteiger partial charge in [-0.1, -0.05) is 11.8 Å². The standard InChI is InChI=1S/C8H12N4OS/c1-2-12-7(13)10-11-8(12)14-6-4-3-5-9/h2-4,6H2,1H3,(H,10,13). The molecule has 0 bridgehead atoms. The van der Waals surface area contributed by atoms with Crippen LogP contribution < -0.4 is 5.69 Å². The molecule has 0 radical (unpaired) electrons. The van der Waals surface area contributed by atoms with E-state index in [-0.39, 0.29) is 5.69 Å². The highest BCUT2D eigenvalue weighted by Gasteiger charge is 2.05. The minimum atomic E-state index is -0.171. The molecule has 1 heterocycles. The number of thioether (sulfide) groups is 1. The summed E-state index contributed by atoms with van der Waals surface area (Å²) in [5.74, 6) is 0.817. The maximum atomic E-state index is 11.1. The number of nitrogens with zero attached hydrogens (tertiary/aromatic N) is 3. The van der Waals surface area contributed by atoms with Crippen molar-refractivity contribution < 1.29 is 0 Å². The highest BCUT2D eigenvalue weighted by molar-refractivity contribution is 7.99. The topological polar surface area (TPSA) is 74.5 Å². The summed E-state index contributed by atoms with van der Waals surface area (Å²) in [6.45, 7) is 2.52. The summed E-state index contributed by atoms with van der Waals surface area (Å²) in [5, 5.41) is 15.3. The van der Waals surface area contributed by atoms with Gasteiger partial charge in [0.05, 0.1) is 6.07 Å². The Bertz CT molecular complexity index is 375. The summed E-state index contributed by atoms with van der Waals surface area (Å²) in [7, 11) is 0. The lowest BCUT2D eigenvalue weighted by molar-refractivity contribution is 0.660. The first-order valence-electron chi connectivity index (χ1n) is 4.44. The largest absolute Gasteiger partial charge is 0.343 e. The number of hydrogen-bond acceptors (Lipinski definition) is 4. The summed E-state index contributed by atoms with van der Waals surface area (Å²) >= 11 is 1.50. The predicted molar refractivity (Wildman–Crippen MR) is 54.1 cm³/mol. The number of aromatic amines is 1. The van der Waals surface area contributed by atoms with E-state index < -0.39 is 0 Å². The third-order valence-electron chi connectivity index (χ3n) is 1.70. The van der Waals surface area contributed by atoms with Gasteiger partial charge in [-0.2, -0.15) is 5.26 Å². The van der Waals surface area contributed by atoms with E-state index in [9.17, 15) is 4.79 Å². The summed E-state index contributed by atoms with van der Waals surface area (Å²) in [6.07, 6.45) is 1.37. The van der Waals surface area contributed by atoms with Gasteiger partial charge in [-0.15, -0.1) is 5.10 Å². The third kappa shape index (κ3) is 2.64. The van der Waals surface area contributed by atoms with Crippen LogP contribution in [0.1, 0.15) is 19.8 Å². The van der Waals surface area contributed by atoms with Crippen molar-refractivity contribution in [2.24, 2.45) is 0 Å². The monoisotopic (exact) mass is 212 g/mol. The van der Waals surface area contributed by atoms with Crippen LogP contribution in [0.5, 0.6) is 0 Å². The van der Waals surface area contributed by atoms with Crippen molar-refractivity contribution in [1.82, 2.24) is 14.8 Å². The lowest BCUT2D eigenvalue weighted by Gasteiger charge is -1.99. The van der Waals surface area contributed by atoms with Crippen molar-refractivity contribution in [3.05, 3.63) is 10.5 Å². The van der Waals surface area contributed by atoms with Crippen LogP contribution in [0.3, 0.4) is 0 Å². The SMILES string of the molecule is CCn1c(SCCCC#N)n[nH]c1=O. The molecule has 0 fully saturated rings. The smallest absolute Gasteiger partial charge is 0.270 e. The van der Waals surface area contributed by atoms with Crippen molar-refractivity contribution in [1.29, 1.82) is 5.26 Å². The molecule has 0 saturated carbocycles. The van der Waals surface area contributed by atoms with E-state index in [0.717, 1.165) is 12.2 Å². The number of rotatable bonds is 5. The molecule has 1 N–H and O–H groups in total. The van der Waals surface area contributed by atoms with Gasteiger partial charge in [-0.3, -0.25) is 4.57 Å². The van der Waals surface area contributed by atoms with Gasteiger partial charge in [0.2, 0.25) is 0 Å². The van der Waals surface area contributed by atoms with Gasteiger partial charge in [0, 0.05) is 18.7 Å². The van der Waals surface area contributed by atoms with Crippen LogP contribution in [0, 0.1) is 11.3 Å². The van der Waals surface area contributed by atoms with E-state index in [0.29, 0.717) is 18.1 Å².